The van der Waals surface area contributed by atoms with E-state index in [1.165, 1.54) is 0 Å². The third-order valence-corrected chi connectivity index (χ3v) is 1.40. The fourth-order valence-corrected chi connectivity index (χ4v) is 0.671. The Kier molecular flexibility index (Phi) is 21.7. The summed E-state index contributed by atoms with van der Waals surface area (Å²) in [5.41, 5.74) is 10.3. The highest BCUT2D eigenvalue weighted by molar-refractivity contribution is 5.85. The number of aliphatic hydroxyl groups is 1. The summed E-state index contributed by atoms with van der Waals surface area (Å²) >= 11 is 0. The molecule has 0 saturated heterocycles. The lowest BCUT2D eigenvalue weighted by atomic mass is 10.1. The van der Waals surface area contributed by atoms with Crippen molar-refractivity contribution < 1.29 is 20.5 Å². The summed E-state index contributed by atoms with van der Waals surface area (Å²) < 4.78 is 0. The number of nitrogens with two attached hydrogens (primary N) is 2. The number of rotatable bonds is 5. The van der Waals surface area contributed by atoms with Crippen molar-refractivity contribution in [2.75, 3.05) is 6.54 Å². The average Bonchev–Trinajstić information content (AvgIpc) is 1.98. The molecule has 90 valence electrons. The highest BCUT2D eigenvalue weighted by Crippen LogP contribution is 1.99. The van der Waals surface area contributed by atoms with Gasteiger partial charge in [0, 0.05) is 0 Å². The van der Waals surface area contributed by atoms with Crippen LogP contribution in [0.5, 0.6) is 0 Å². The number of carboxylic acid groups (broad SMARTS) is 1. The first-order valence-electron chi connectivity index (χ1n) is 3.46. The Balaban J connectivity index is -0.000000167. The van der Waals surface area contributed by atoms with Crippen molar-refractivity contribution in [3.05, 3.63) is 0 Å². The smallest absolute Gasteiger partial charge is 0.323 e. The van der Waals surface area contributed by atoms with Gasteiger partial charge in [-0.1, -0.05) is 0 Å². The van der Waals surface area contributed by atoms with Gasteiger partial charge in [-0.2, -0.15) is 0 Å². The second-order valence-corrected chi connectivity index (χ2v) is 2.36. The Morgan fingerprint density at radius 3 is 2.07 bits per heavy atom. The number of aliphatic carboxylic acids is 1. The molecule has 0 saturated carbocycles. The van der Waals surface area contributed by atoms with E-state index in [-0.39, 0.29) is 30.3 Å². The minimum Gasteiger partial charge on any atom is -0.480 e. The van der Waals surface area contributed by atoms with Crippen molar-refractivity contribution in [1.82, 2.24) is 0 Å². The van der Waals surface area contributed by atoms with Crippen molar-refractivity contribution >= 4 is 30.8 Å². The molecule has 0 radical (unpaired) electrons. The maximum atomic E-state index is 10.2. The SMILES string of the molecule is Cl.Cl.NCCC[C@@H](O)[C@H](N)C(=O)O.O. The van der Waals surface area contributed by atoms with Gasteiger partial charge < -0.3 is 27.2 Å². The Morgan fingerprint density at radius 2 is 1.79 bits per heavy atom. The van der Waals surface area contributed by atoms with E-state index in [1.807, 2.05) is 0 Å². The van der Waals surface area contributed by atoms with Crippen LogP contribution in [-0.2, 0) is 4.79 Å². The first-order chi connectivity index (χ1) is 5.09. The van der Waals surface area contributed by atoms with Gasteiger partial charge in [-0.25, -0.2) is 0 Å². The molecule has 0 aliphatic carbocycles. The zero-order valence-corrected chi connectivity index (χ0v) is 9.18. The fourth-order valence-electron chi connectivity index (χ4n) is 0.671. The third kappa shape index (κ3) is 9.97. The molecule has 0 aliphatic rings. The molecule has 0 aromatic rings. The van der Waals surface area contributed by atoms with Crippen molar-refractivity contribution in [3.63, 3.8) is 0 Å². The monoisotopic (exact) mass is 252 g/mol. The second-order valence-electron chi connectivity index (χ2n) is 2.36. The zero-order valence-electron chi connectivity index (χ0n) is 7.55. The maximum Gasteiger partial charge on any atom is 0.323 e. The number of hydrogen-bond donors (Lipinski definition) is 4. The molecule has 0 bridgehead atoms. The van der Waals surface area contributed by atoms with Crippen LogP contribution in [0.4, 0.5) is 0 Å². The van der Waals surface area contributed by atoms with E-state index in [2.05, 4.69) is 0 Å². The zero-order chi connectivity index (χ0) is 8.85. The predicted molar refractivity (Wildman–Crippen MR) is 58.0 cm³/mol. The number of carboxylic acids is 1. The largest absolute Gasteiger partial charge is 0.480 e. The van der Waals surface area contributed by atoms with Gasteiger partial charge in [-0.05, 0) is 19.4 Å². The summed E-state index contributed by atoms with van der Waals surface area (Å²) in [5, 5.41) is 17.4. The van der Waals surface area contributed by atoms with Crippen LogP contribution in [0.25, 0.3) is 0 Å². The minimum absolute atomic E-state index is 0. The lowest BCUT2D eigenvalue weighted by Crippen LogP contribution is -2.41. The van der Waals surface area contributed by atoms with Gasteiger partial charge in [0.2, 0.25) is 0 Å². The molecule has 0 rings (SSSR count). The van der Waals surface area contributed by atoms with Crippen molar-refractivity contribution in [1.29, 1.82) is 0 Å². The van der Waals surface area contributed by atoms with Crippen LogP contribution in [0.3, 0.4) is 0 Å². The van der Waals surface area contributed by atoms with E-state index in [0.29, 0.717) is 19.4 Å². The van der Waals surface area contributed by atoms with Crippen LogP contribution < -0.4 is 11.5 Å². The summed E-state index contributed by atoms with van der Waals surface area (Å²) in [5.74, 6) is -1.19. The topological polar surface area (TPSA) is 141 Å². The normalized spacial score (nSPS) is 12.5. The summed E-state index contributed by atoms with van der Waals surface area (Å²) in [4.78, 5) is 10.2. The molecule has 0 unspecified atom stereocenters. The van der Waals surface area contributed by atoms with Crippen LogP contribution in [-0.4, -0.2) is 40.3 Å². The Hall–Kier alpha value is -0.110. The summed E-state index contributed by atoms with van der Waals surface area (Å²) in [7, 11) is 0. The van der Waals surface area contributed by atoms with Crippen LogP contribution in [0, 0.1) is 0 Å². The second kappa shape index (κ2) is 12.9. The van der Waals surface area contributed by atoms with Gasteiger partial charge >= 0.3 is 5.97 Å². The van der Waals surface area contributed by atoms with Gasteiger partial charge in [0.05, 0.1) is 6.10 Å². The van der Waals surface area contributed by atoms with Crippen molar-refractivity contribution in [3.8, 4) is 0 Å². The molecule has 0 heterocycles. The Bertz CT molecular complexity index is 139. The molecule has 2 atom stereocenters. The lowest BCUT2D eigenvalue weighted by Gasteiger charge is -2.13. The van der Waals surface area contributed by atoms with Crippen LogP contribution in [0.15, 0.2) is 0 Å². The highest BCUT2D eigenvalue weighted by atomic mass is 35.5. The van der Waals surface area contributed by atoms with Gasteiger partial charge in [-0.3, -0.25) is 4.79 Å². The first kappa shape index (κ1) is 23.6. The molecule has 0 spiro atoms. The van der Waals surface area contributed by atoms with Crippen molar-refractivity contribution in [2.24, 2.45) is 11.5 Å². The van der Waals surface area contributed by atoms with E-state index >= 15 is 0 Å². The number of aliphatic hydroxyl groups excluding tert-OH is 1. The molecule has 0 amide bonds. The summed E-state index contributed by atoms with van der Waals surface area (Å²) in [6, 6.07) is -1.19. The van der Waals surface area contributed by atoms with Crippen LogP contribution in [0.1, 0.15) is 12.8 Å². The standard InChI is InChI=1S/C6H14N2O3.2ClH.H2O/c7-3-1-2-4(9)5(8)6(10)11;;;/h4-5,9H,1-3,7-8H2,(H,10,11);2*1H;1H2/t4-,5+;;;/m1.../s1. The van der Waals surface area contributed by atoms with E-state index < -0.39 is 18.1 Å². The highest BCUT2D eigenvalue weighted by Gasteiger charge is 2.20. The molecular formula is C6H18Cl2N2O4. The molecule has 0 aromatic heterocycles. The molecule has 0 aliphatic heterocycles. The number of halogens is 2. The third-order valence-electron chi connectivity index (χ3n) is 1.40. The molecule has 0 fully saturated rings. The maximum absolute atomic E-state index is 10.2. The molecule has 6 nitrogen and oxygen atoms in total. The molecule has 8 N–H and O–H groups in total. The predicted octanol–water partition coefficient (Wildman–Crippen LogP) is -1.48. The van der Waals surface area contributed by atoms with E-state index in [4.69, 9.17) is 21.7 Å². The van der Waals surface area contributed by atoms with E-state index in [0.717, 1.165) is 0 Å². The van der Waals surface area contributed by atoms with Gasteiger partial charge in [0.25, 0.3) is 0 Å². The first-order valence-corrected chi connectivity index (χ1v) is 3.46. The minimum atomic E-state index is -1.19. The average molecular weight is 253 g/mol. The number of hydrogen-bond acceptors (Lipinski definition) is 4. The van der Waals surface area contributed by atoms with Crippen LogP contribution in [0.2, 0.25) is 0 Å². The fraction of sp³-hybridized carbons (Fsp3) is 0.833. The summed E-state index contributed by atoms with van der Waals surface area (Å²) in [6.07, 6.45) is -0.0670. The molecule has 14 heavy (non-hydrogen) atoms. The molecule has 0 aromatic carbocycles. The Morgan fingerprint density at radius 1 is 1.36 bits per heavy atom. The lowest BCUT2D eigenvalue weighted by molar-refractivity contribution is -0.141. The van der Waals surface area contributed by atoms with Crippen molar-refractivity contribution in [2.45, 2.75) is 25.0 Å². The van der Waals surface area contributed by atoms with E-state index in [1.54, 1.807) is 0 Å². The summed E-state index contributed by atoms with van der Waals surface area (Å²) in [6.45, 7) is 0.434. The molecule has 8 heteroatoms. The van der Waals surface area contributed by atoms with Gasteiger partial charge in [0.15, 0.2) is 0 Å². The van der Waals surface area contributed by atoms with Gasteiger partial charge in [0.1, 0.15) is 6.04 Å². The van der Waals surface area contributed by atoms with E-state index in [9.17, 15) is 4.79 Å². The number of carbonyl (C=O) groups is 1. The van der Waals surface area contributed by atoms with Gasteiger partial charge in [-0.15, -0.1) is 24.8 Å². The van der Waals surface area contributed by atoms with Crippen LogP contribution >= 0.6 is 24.8 Å². The Labute approximate surface area is 94.8 Å². The quantitative estimate of drug-likeness (QED) is 0.472. The molecular weight excluding hydrogens is 235 g/mol.